The molecule has 1 aliphatic heterocycles. The van der Waals surface area contributed by atoms with Gasteiger partial charge in [-0.1, -0.05) is 19.8 Å². The zero-order chi connectivity index (χ0) is 13.0. The van der Waals surface area contributed by atoms with Gasteiger partial charge in [-0.05, 0) is 44.6 Å². The van der Waals surface area contributed by atoms with Gasteiger partial charge in [-0.3, -0.25) is 4.79 Å². The first-order valence-corrected chi connectivity index (χ1v) is 7.64. The Bertz CT molecular complexity index is 277. The maximum Gasteiger partial charge on any atom is 0.222 e. The standard InChI is InChI=1S/C15H28N2O.ClH/c1-12-4-3-5-13(10-12)11-15(18)17-8-6-14(16-2)7-9-17;/h12-14,16H,3-11H2,1-2H3;1H. The number of rotatable bonds is 3. The predicted molar refractivity (Wildman–Crippen MR) is 81.6 cm³/mol. The van der Waals surface area contributed by atoms with Gasteiger partial charge in [0.25, 0.3) is 0 Å². The Morgan fingerprint density at radius 3 is 2.47 bits per heavy atom. The lowest BCUT2D eigenvalue weighted by atomic mass is 9.80. The molecular weight excluding hydrogens is 260 g/mol. The van der Waals surface area contributed by atoms with Crippen LogP contribution in [0, 0.1) is 11.8 Å². The Morgan fingerprint density at radius 2 is 1.89 bits per heavy atom. The minimum atomic E-state index is 0. The van der Waals surface area contributed by atoms with Crippen LogP contribution < -0.4 is 5.32 Å². The number of amides is 1. The van der Waals surface area contributed by atoms with E-state index in [4.69, 9.17) is 0 Å². The van der Waals surface area contributed by atoms with Crippen molar-refractivity contribution >= 4 is 18.3 Å². The summed E-state index contributed by atoms with van der Waals surface area (Å²) in [5, 5.41) is 3.31. The zero-order valence-corrected chi connectivity index (χ0v) is 13.2. The molecule has 0 aromatic rings. The molecule has 2 aliphatic rings. The molecule has 4 heteroatoms. The van der Waals surface area contributed by atoms with E-state index in [2.05, 4.69) is 17.1 Å². The SMILES string of the molecule is CNC1CCN(C(=O)CC2CCCC(C)C2)CC1.Cl. The van der Waals surface area contributed by atoms with Crippen LogP contribution in [0.4, 0.5) is 0 Å². The summed E-state index contributed by atoms with van der Waals surface area (Å²) in [6.45, 7) is 4.23. The number of nitrogens with zero attached hydrogens (tertiary/aromatic N) is 1. The number of carbonyl (C=O) groups is 1. The number of likely N-dealkylation sites (tertiary alicyclic amines) is 1. The van der Waals surface area contributed by atoms with Crippen LogP contribution in [0.25, 0.3) is 0 Å². The fraction of sp³-hybridized carbons (Fsp3) is 0.933. The van der Waals surface area contributed by atoms with Crippen molar-refractivity contribution < 1.29 is 4.79 Å². The van der Waals surface area contributed by atoms with Crippen LogP contribution >= 0.6 is 12.4 Å². The largest absolute Gasteiger partial charge is 0.343 e. The Balaban J connectivity index is 0.00000180. The van der Waals surface area contributed by atoms with Gasteiger partial charge in [-0.15, -0.1) is 12.4 Å². The minimum Gasteiger partial charge on any atom is -0.343 e. The molecule has 2 rings (SSSR count). The van der Waals surface area contributed by atoms with Crippen LogP contribution in [0.5, 0.6) is 0 Å². The second kappa shape index (κ2) is 8.11. The van der Waals surface area contributed by atoms with Crippen LogP contribution in [-0.4, -0.2) is 37.0 Å². The van der Waals surface area contributed by atoms with Crippen LogP contribution in [0.1, 0.15) is 51.9 Å². The van der Waals surface area contributed by atoms with E-state index in [0.717, 1.165) is 38.3 Å². The number of halogens is 1. The summed E-state index contributed by atoms with van der Waals surface area (Å²) in [5.74, 6) is 1.89. The number of hydrogen-bond donors (Lipinski definition) is 1. The lowest BCUT2D eigenvalue weighted by molar-refractivity contribution is -0.133. The van der Waals surface area contributed by atoms with E-state index >= 15 is 0 Å². The van der Waals surface area contributed by atoms with Crippen LogP contribution in [0.3, 0.4) is 0 Å². The van der Waals surface area contributed by atoms with E-state index in [9.17, 15) is 4.79 Å². The van der Waals surface area contributed by atoms with Gasteiger partial charge in [0.2, 0.25) is 5.91 Å². The van der Waals surface area contributed by atoms with E-state index in [1.54, 1.807) is 0 Å². The average Bonchev–Trinajstić information content (AvgIpc) is 2.39. The lowest BCUT2D eigenvalue weighted by Crippen LogP contribution is -2.44. The highest BCUT2D eigenvalue weighted by molar-refractivity contribution is 5.85. The van der Waals surface area contributed by atoms with Crippen molar-refractivity contribution in [3.05, 3.63) is 0 Å². The number of carbonyl (C=O) groups excluding carboxylic acids is 1. The molecular formula is C15H29ClN2O. The zero-order valence-electron chi connectivity index (χ0n) is 12.4. The third-order valence-electron chi connectivity index (χ3n) is 4.76. The van der Waals surface area contributed by atoms with Crippen LogP contribution in [0.15, 0.2) is 0 Å². The van der Waals surface area contributed by atoms with Gasteiger partial charge in [-0.2, -0.15) is 0 Å². The molecule has 2 unspecified atom stereocenters. The molecule has 1 heterocycles. The van der Waals surface area contributed by atoms with Crippen molar-refractivity contribution in [2.24, 2.45) is 11.8 Å². The number of piperidine rings is 1. The van der Waals surface area contributed by atoms with Gasteiger partial charge >= 0.3 is 0 Å². The summed E-state index contributed by atoms with van der Waals surface area (Å²) in [6, 6.07) is 0.615. The molecule has 3 nitrogen and oxygen atoms in total. The summed E-state index contributed by atoms with van der Waals surface area (Å²) in [4.78, 5) is 14.4. The molecule has 0 radical (unpaired) electrons. The van der Waals surface area contributed by atoms with Gasteiger partial charge in [0, 0.05) is 25.6 Å². The summed E-state index contributed by atoms with van der Waals surface area (Å²) < 4.78 is 0. The molecule has 0 aromatic carbocycles. The van der Waals surface area contributed by atoms with Gasteiger partial charge < -0.3 is 10.2 Å². The molecule has 0 spiro atoms. The van der Waals surface area contributed by atoms with Crippen molar-refractivity contribution in [2.75, 3.05) is 20.1 Å². The Morgan fingerprint density at radius 1 is 1.21 bits per heavy atom. The highest BCUT2D eigenvalue weighted by Crippen LogP contribution is 2.31. The van der Waals surface area contributed by atoms with E-state index in [1.807, 2.05) is 7.05 Å². The van der Waals surface area contributed by atoms with Crippen molar-refractivity contribution in [2.45, 2.75) is 57.9 Å². The fourth-order valence-electron chi connectivity index (χ4n) is 3.54. The van der Waals surface area contributed by atoms with Gasteiger partial charge in [0.15, 0.2) is 0 Å². The number of hydrogen-bond acceptors (Lipinski definition) is 2. The third-order valence-corrected chi connectivity index (χ3v) is 4.76. The second-order valence-electron chi connectivity index (χ2n) is 6.29. The smallest absolute Gasteiger partial charge is 0.222 e. The molecule has 0 bridgehead atoms. The quantitative estimate of drug-likeness (QED) is 0.866. The summed E-state index contributed by atoms with van der Waals surface area (Å²) >= 11 is 0. The van der Waals surface area contributed by atoms with Crippen LogP contribution in [0.2, 0.25) is 0 Å². The van der Waals surface area contributed by atoms with Crippen molar-refractivity contribution in [1.82, 2.24) is 10.2 Å². The monoisotopic (exact) mass is 288 g/mol. The molecule has 1 aliphatic carbocycles. The van der Waals surface area contributed by atoms with E-state index < -0.39 is 0 Å². The summed E-state index contributed by atoms with van der Waals surface area (Å²) in [7, 11) is 2.02. The Hall–Kier alpha value is -0.280. The Kier molecular flexibility index (Phi) is 7.16. The summed E-state index contributed by atoms with van der Waals surface area (Å²) in [5.41, 5.74) is 0. The van der Waals surface area contributed by atoms with E-state index in [1.165, 1.54) is 25.7 Å². The molecule has 2 atom stereocenters. The molecule has 1 amide bonds. The molecule has 1 N–H and O–H groups in total. The molecule has 2 fully saturated rings. The van der Waals surface area contributed by atoms with E-state index in [0.29, 0.717) is 17.9 Å². The molecule has 1 saturated carbocycles. The number of nitrogens with one attached hydrogen (secondary N) is 1. The first-order chi connectivity index (χ1) is 8.69. The predicted octanol–water partition coefficient (Wildman–Crippen LogP) is 2.84. The average molecular weight is 289 g/mol. The van der Waals surface area contributed by atoms with Gasteiger partial charge in [-0.25, -0.2) is 0 Å². The Labute approximate surface area is 123 Å². The third kappa shape index (κ3) is 4.96. The highest BCUT2D eigenvalue weighted by atomic mass is 35.5. The van der Waals surface area contributed by atoms with E-state index in [-0.39, 0.29) is 12.4 Å². The van der Waals surface area contributed by atoms with Gasteiger partial charge in [0.05, 0.1) is 0 Å². The highest BCUT2D eigenvalue weighted by Gasteiger charge is 2.26. The second-order valence-corrected chi connectivity index (χ2v) is 6.29. The van der Waals surface area contributed by atoms with Crippen molar-refractivity contribution in [1.29, 1.82) is 0 Å². The topological polar surface area (TPSA) is 32.3 Å². The van der Waals surface area contributed by atoms with Crippen molar-refractivity contribution in [3.63, 3.8) is 0 Å². The first kappa shape index (κ1) is 16.8. The summed E-state index contributed by atoms with van der Waals surface area (Å²) in [6.07, 6.45) is 8.24. The van der Waals surface area contributed by atoms with Crippen LogP contribution in [-0.2, 0) is 4.79 Å². The maximum atomic E-state index is 12.3. The molecule has 1 saturated heterocycles. The fourth-order valence-corrected chi connectivity index (χ4v) is 3.54. The molecule has 0 aromatic heterocycles. The minimum absolute atomic E-state index is 0. The lowest BCUT2D eigenvalue weighted by Gasteiger charge is -2.34. The van der Waals surface area contributed by atoms with Gasteiger partial charge in [0.1, 0.15) is 0 Å². The molecule has 112 valence electrons. The van der Waals surface area contributed by atoms with Crippen molar-refractivity contribution in [3.8, 4) is 0 Å². The normalized spacial score (nSPS) is 28.8. The first-order valence-electron chi connectivity index (χ1n) is 7.64. The molecule has 19 heavy (non-hydrogen) atoms. The maximum absolute atomic E-state index is 12.3.